The molecule has 0 amide bonds. The maximum atomic E-state index is 12.9. The molecule has 1 aromatic carbocycles. The van der Waals surface area contributed by atoms with E-state index in [4.69, 9.17) is 11.1 Å². The van der Waals surface area contributed by atoms with E-state index >= 15 is 0 Å². The average Bonchev–Trinajstić information content (AvgIpc) is 2.36. The summed E-state index contributed by atoms with van der Waals surface area (Å²) in [6, 6.07) is 7.31. The first-order valence-electron chi connectivity index (χ1n) is 6.26. The van der Waals surface area contributed by atoms with E-state index in [9.17, 15) is 13.2 Å². The van der Waals surface area contributed by atoms with Gasteiger partial charge in [0.25, 0.3) is 0 Å². The van der Waals surface area contributed by atoms with Crippen LogP contribution in [0.4, 0.5) is 24.5 Å². The molecule has 1 aromatic rings. The van der Waals surface area contributed by atoms with Crippen LogP contribution in [0, 0.1) is 11.3 Å². The first kappa shape index (κ1) is 14.5. The van der Waals surface area contributed by atoms with Crippen molar-refractivity contribution in [2.24, 2.45) is 11.7 Å². The minimum Gasteiger partial charge on any atom is -0.387 e. The summed E-state index contributed by atoms with van der Waals surface area (Å²) in [5, 5.41) is 7.17. The monoisotopic (exact) mass is 286 g/mol. The highest BCUT2D eigenvalue weighted by Gasteiger charge is 2.43. The molecule has 0 saturated carbocycles. The zero-order chi connectivity index (χ0) is 14.9. The molecule has 2 rings (SSSR count). The maximum Gasteiger partial charge on any atom is 0.400 e. The van der Waals surface area contributed by atoms with Gasteiger partial charge in [0.05, 0.1) is 11.4 Å². The van der Waals surface area contributed by atoms with Gasteiger partial charge in [-0.25, -0.2) is 0 Å². The van der Waals surface area contributed by atoms with E-state index in [2.05, 4.69) is 0 Å². The van der Waals surface area contributed by atoms with Gasteiger partial charge in [-0.05, 0) is 12.1 Å². The Labute approximate surface area is 115 Å². The summed E-state index contributed by atoms with van der Waals surface area (Å²) in [7, 11) is 1.91. The molecule has 0 spiro atoms. The molecular formula is C13H17F3N4. The number of benzene rings is 1. The van der Waals surface area contributed by atoms with Gasteiger partial charge in [-0.1, -0.05) is 12.1 Å². The van der Waals surface area contributed by atoms with Gasteiger partial charge in [0, 0.05) is 26.7 Å². The van der Waals surface area contributed by atoms with Crippen molar-refractivity contribution in [1.82, 2.24) is 0 Å². The van der Waals surface area contributed by atoms with Crippen molar-refractivity contribution in [3.63, 3.8) is 0 Å². The molecule has 1 aliphatic rings. The van der Waals surface area contributed by atoms with Gasteiger partial charge in [0.2, 0.25) is 0 Å². The molecule has 0 bridgehead atoms. The van der Waals surface area contributed by atoms with Crippen LogP contribution < -0.4 is 15.5 Å². The minimum absolute atomic E-state index is 0.316. The van der Waals surface area contributed by atoms with Crippen molar-refractivity contribution in [1.29, 1.82) is 5.41 Å². The SMILES string of the molecule is CN1CCN(CC(C(=N)N)C(F)(F)F)c2ccccc21. The van der Waals surface area contributed by atoms with Crippen molar-refractivity contribution < 1.29 is 13.2 Å². The second kappa shape index (κ2) is 5.22. The number of para-hydroxylation sites is 2. The normalized spacial score (nSPS) is 16.8. The van der Waals surface area contributed by atoms with Crippen LogP contribution in [-0.4, -0.2) is 38.7 Å². The van der Waals surface area contributed by atoms with Gasteiger partial charge in [0.1, 0.15) is 11.8 Å². The Morgan fingerprint density at radius 1 is 1.30 bits per heavy atom. The maximum absolute atomic E-state index is 12.9. The zero-order valence-electron chi connectivity index (χ0n) is 11.1. The number of hydrogen-bond acceptors (Lipinski definition) is 3. The van der Waals surface area contributed by atoms with Crippen LogP contribution >= 0.6 is 0 Å². The van der Waals surface area contributed by atoms with E-state index in [1.807, 2.05) is 24.1 Å². The van der Waals surface area contributed by atoms with Gasteiger partial charge >= 0.3 is 6.18 Å². The molecule has 1 heterocycles. The minimum atomic E-state index is -4.50. The van der Waals surface area contributed by atoms with Crippen LogP contribution in [0.1, 0.15) is 0 Å². The number of nitrogens with one attached hydrogen (secondary N) is 1. The molecule has 3 N–H and O–H groups in total. The van der Waals surface area contributed by atoms with Crippen LogP contribution in [0.5, 0.6) is 0 Å². The fourth-order valence-electron chi connectivity index (χ4n) is 2.35. The van der Waals surface area contributed by atoms with Gasteiger partial charge in [-0.3, -0.25) is 5.41 Å². The summed E-state index contributed by atoms with van der Waals surface area (Å²) in [5.41, 5.74) is 6.75. The highest BCUT2D eigenvalue weighted by Crippen LogP contribution is 2.34. The number of hydrogen-bond donors (Lipinski definition) is 2. The molecule has 7 heteroatoms. The zero-order valence-corrected chi connectivity index (χ0v) is 11.1. The number of nitrogens with zero attached hydrogens (tertiary/aromatic N) is 2. The van der Waals surface area contributed by atoms with Crippen LogP contribution in [0.3, 0.4) is 0 Å². The standard InChI is InChI=1S/C13H17F3N4/c1-19-6-7-20(11-5-3-2-4-10(11)19)8-9(12(17)18)13(14,15)16/h2-5,9H,6-8H2,1H3,(H3,17,18). The first-order chi connectivity index (χ1) is 9.30. The van der Waals surface area contributed by atoms with Crippen molar-refractivity contribution >= 4 is 17.2 Å². The van der Waals surface area contributed by atoms with Crippen LogP contribution in [0.15, 0.2) is 24.3 Å². The summed E-state index contributed by atoms with van der Waals surface area (Å²) < 4.78 is 38.8. The Morgan fingerprint density at radius 2 is 1.90 bits per heavy atom. The van der Waals surface area contributed by atoms with E-state index in [-0.39, 0.29) is 6.54 Å². The second-order valence-electron chi connectivity index (χ2n) is 4.91. The lowest BCUT2D eigenvalue weighted by Crippen LogP contribution is -2.48. The Balaban J connectivity index is 2.26. The third-order valence-electron chi connectivity index (χ3n) is 3.51. The van der Waals surface area contributed by atoms with E-state index in [0.717, 1.165) is 11.4 Å². The summed E-state index contributed by atoms with van der Waals surface area (Å²) in [6.45, 7) is 0.802. The Morgan fingerprint density at radius 3 is 2.45 bits per heavy atom. The number of anilines is 2. The van der Waals surface area contributed by atoms with Crippen molar-refractivity contribution in [3.05, 3.63) is 24.3 Å². The quantitative estimate of drug-likeness (QED) is 0.660. The molecule has 0 aromatic heterocycles. The second-order valence-corrected chi connectivity index (χ2v) is 4.91. The highest BCUT2D eigenvalue weighted by molar-refractivity contribution is 5.82. The number of amidine groups is 1. The highest BCUT2D eigenvalue weighted by atomic mass is 19.4. The number of alkyl halides is 3. The fourth-order valence-corrected chi connectivity index (χ4v) is 2.35. The number of likely N-dealkylation sites (N-methyl/N-ethyl adjacent to an activating group) is 1. The number of fused-ring (bicyclic) bond motifs is 1. The molecule has 1 unspecified atom stereocenters. The van der Waals surface area contributed by atoms with Gasteiger partial charge in [-0.2, -0.15) is 13.2 Å². The molecule has 1 atom stereocenters. The molecule has 0 saturated heterocycles. The number of nitrogens with two attached hydrogens (primary N) is 1. The third-order valence-corrected chi connectivity index (χ3v) is 3.51. The van der Waals surface area contributed by atoms with Crippen molar-refractivity contribution in [3.8, 4) is 0 Å². The number of rotatable bonds is 3. The van der Waals surface area contributed by atoms with Crippen molar-refractivity contribution in [2.75, 3.05) is 36.5 Å². The molecule has 0 radical (unpaired) electrons. The van der Waals surface area contributed by atoms with Crippen LogP contribution in [-0.2, 0) is 0 Å². The summed E-state index contributed by atoms with van der Waals surface area (Å²) in [6.07, 6.45) is -4.50. The smallest absolute Gasteiger partial charge is 0.387 e. The summed E-state index contributed by atoms with van der Waals surface area (Å²) in [4.78, 5) is 3.65. The lowest BCUT2D eigenvalue weighted by atomic mass is 10.1. The lowest BCUT2D eigenvalue weighted by molar-refractivity contribution is -0.153. The molecule has 20 heavy (non-hydrogen) atoms. The molecule has 4 nitrogen and oxygen atoms in total. The van der Waals surface area contributed by atoms with Gasteiger partial charge in [-0.15, -0.1) is 0 Å². The topological polar surface area (TPSA) is 56.4 Å². The van der Waals surface area contributed by atoms with Gasteiger partial charge < -0.3 is 15.5 Å². The molecule has 110 valence electrons. The summed E-state index contributed by atoms with van der Waals surface area (Å²) >= 11 is 0. The first-order valence-corrected chi connectivity index (χ1v) is 6.26. The molecule has 1 aliphatic heterocycles. The Kier molecular flexibility index (Phi) is 3.78. The van der Waals surface area contributed by atoms with E-state index in [1.54, 1.807) is 17.0 Å². The average molecular weight is 286 g/mol. The van der Waals surface area contributed by atoms with Gasteiger partial charge in [0.15, 0.2) is 0 Å². The predicted octanol–water partition coefficient (Wildman–Crippen LogP) is 2.06. The van der Waals surface area contributed by atoms with Crippen LogP contribution in [0.2, 0.25) is 0 Å². The third kappa shape index (κ3) is 2.81. The molecule has 0 aliphatic carbocycles. The largest absolute Gasteiger partial charge is 0.400 e. The summed E-state index contributed by atoms with van der Waals surface area (Å²) in [5.74, 6) is -2.77. The Bertz CT molecular complexity index is 501. The number of halogens is 3. The Hall–Kier alpha value is -1.92. The van der Waals surface area contributed by atoms with Crippen molar-refractivity contribution in [2.45, 2.75) is 6.18 Å². The van der Waals surface area contributed by atoms with Crippen LogP contribution in [0.25, 0.3) is 0 Å². The molecular weight excluding hydrogens is 269 g/mol. The lowest BCUT2D eigenvalue weighted by Gasteiger charge is -2.38. The fraction of sp³-hybridized carbons (Fsp3) is 0.462. The predicted molar refractivity (Wildman–Crippen MR) is 73.4 cm³/mol. The van der Waals surface area contributed by atoms with E-state index in [0.29, 0.717) is 13.1 Å². The van der Waals surface area contributed by atoms with E-state index < -0.39 is 17.9 Å². The molecule has 0 fully saturated rings. The van der Waals surface area contributed by atoms with E-state index in [1.165, 1.54) is 0 Å².